The number of amides is 1. The fraction of sp³-hybridized carbons (Fsp3) is 0.741. The molecule has 72 heavy (non-hydrogen) atoms. The molecule has 0 saturated carbocycles. The van der Waals surface area contributed by atoms with Gasteiger partial charge in [0.15, 0.2) is 12.6 Å². The zero-order chi connectivity index (χ0) is 52.4. The number of allylic oxidation sites excluding steroid dienone is 13. The molecule has 2 saturated heterocycles. The zero-order valence-corrected chi connectivity index (χ0v) is 44.1. The van der Waals surface area contributed by atoms with E-state index in [9.17, 15) is 45.6 Å². The summed E-state index contributed by atoms with van der Waals surface area (Å²) < 4.78 is 22.7. The van der Waals surface area contributed by atoms with Gasteiger partial charge in [0.1, 0.15) is 48.8 Å². The molecular formula is C58H99NO13. The number of unbranched alkanes of at least 4 members (excludes halogenated alkanes) is 17. The van der Waals surface area contributed by atoms with Crippen molar-refractivity contribution in [2.75, 3.05) is 19.8 Å². The molecule has 0 bridgehead atoms. The summed E-state index contributed by atoms with van der Waals surface area (Å²) in [6, 6.07) is -0.940. The summed E-state index contributed by atoms with van der Waals surface area (Å²) >= 11 is 0. The highest BCUT2D eigenvalue weighted by atomic mass is 16.7. The van der Waals surface area contributed by atoms with Crippen molar-refractivity contribution in [1.82, 2.24) is 5.32 Å². The van der Waals surface area contributed by atoms with E-state index in [0.29, 0.717) is 12.8 Å². The SMILES string of the molecule is CC/C=C\C/C=C\C/C=C\C/C=C\CCCCCCCCCCCCCCCCC(=O)NC(COC1OC(CO)C(OC2OC(CO)C(O)C(O)C2O)C(O)C1O)C(O)/C=C/CC/C=C/CC/C=C/CCC. The number of ether oxygens (including phenoxy) is 4. The lowest BCUT2D eigenvalue weighted by Gasteiger charge is -2.46. The smallest absolute Gasteiger partial charge is 0.220 e. The summed E-state index contributed by atoms with van der Waals surface area (Å²) in [4.78, 5) is 13.2. The van der Waals surface area contributed by atoms with Crippen LogP contribution in [0.15, 0.2) is 85.1 Å². The van der Waals surface area contributed by atoms with Crippen LogP contribution in [0.3, 0.4) is 0 Å². The molecule has 12 unspecified atom stereocenters. The van der Waals surface area contributed by atoms with Gasteiger partial charge in [0, 0.05) is 6.42 Å². The fourth-order valence-electron chi connectivity index (χ4n) is 8.56. The van der Waals surface area contributed by atoms with E-state index in [0.717, 1.165) is 77.0 Å². The summed E-state index contributed by atoms with van der Waals surface area (Å²) in [6.45, 7) is 2.56. The van der Waals surface area contributed by atoms with Crippen molar-refractivity contribution in [3.63, 3.8) is 0 Å². The summed E-state index contributed by atoms with van der Waals surface area (Å²) in [7, 11) is 0. The fourth-order valence-corrected chi connectivity index (χ4v) is 8.56. The Morgan fingerprint density at radius 1 is 0.514 bits per heavy atom. The Labute approximate surface area is 433 Å². The van der Waals surface area contributed by atoms with Gasteiger partial charge in [-0.05, 0) is 77.0 Å². The van der Waals surface area contributed by atoms with E-state index in [4.69, 9.17) is 18.9 Å². The number of carbonyl (C=O) groups excluding carboxylic acids is 1. The van der Waals surface area contributed by atoms with Crippen LogP contribution in [0.25, 0.3) is 0 Å². The predicted octanol–water partition coefficient (Wildman–Crippen LogP) is 8.55. The second-order valence-electron chi connectivity index (χ2n) is 19.3. The van der Waals surface area contributed by atoms with Crippen molar-refractivity contribution in [1.29, 1.82) is 0 Å². The lowest BCUT2D eigenvalue weighted by Crippen LogP contribution is -2.65. The highest BCUT2D eigenvalue weighted by Crippen LogP contribution is 2.30. The normalized spacial score (nSPS) is 26.2. The summed E-state index contributed by atoms with van der Waals surface area (Å²) in [5.74, 6) is -0.260. The van der Waals surface area contributed by atoms with E-state index in [1.807, 2.05) is 6.08 Å². The van der Waals surface area contributed by atoms with E-state index >= 15 is 0 Å². The minimum Gasteiger partial charge on any atom is -0.394 e. The van der Waals surface area contributed by atoms with Crippen molar-refractivity contribution >= 4 is 5.91 Å². The van der Waals surface area contributed by atoms with E-state index in [-0.39, 0.29) is 18.9 Å². The lowest BCUT2D eigenvalue weighted by molar-refractivity contribution is -0.359. The Morgan fingerprint density at radius 3 is 1.51 bits per heavy atom. The quantitative estimate of drug-likeness (QED) is 0.0207. The number of aliphatic hydroxyl groups excluding tert-OH is 8. The molecule has 2 fully saturated rings. The van der Waals surface area contributed by atoms with Crippen LogP contribution in [0.2, 0.25) is 0 Å². The first-order chi connectivity index (χ1) is 35.1. The molecular weight excluding hydrogens is 919 g/mol. The molecule has 14 heteroatoms. The Kier molecular flexibility index (Phi) is 39.4. The van der Waals surface area contributed by atoms with Crippen LogP contribution in [0.1, 0.15) is 181 Å². The molecule has 12 atom stereocenters. The van der Waals surface area contributed by atoms with Gasteiger partial charge < -0.3 is 65.1 Å². The van der Waals surface area contributed by atoms with Crippen molar-refractivity contribution in [3.05, 3.63) is 85.1 Å². The van der Waals surface area contributed by atoms with Gasteiger partial charge in [-0.15, -0.1) is 0 Å². The van der Waals surface area contributed by atoms with Crippen molar-refractivity contribution in [3.8, 4) is 0 Å². The predicted molar refractivity (Wildman–Crippen MR) is 286 cm³/mol. The van der Waals surface area contributed by atoms with Crippen LogP contribution in [-0.2, 0) is 23.7 Å². The summed E-state index contributed by atoms with van der Waals surface area (Å²) in [5, 5.41) is 86.7. The van der Waals surface area contributed by atoms with Gasteiger partial charge in [0.05, 0.1) is 32.0 Å². The summed E-state index contributed by atoms with van der Waals surface area (Å²) in [6.07, 6.45) is 40.7. The third-order valence-corrected chi connectivity index (χ3v) is 13.0. The topological polar surface area (TPSA) is 228 Å². The number of hydrogen-bond donors (Lipinski definition) is 9. The largest absolute Gasteiger partial charge is 0.394 e. The van der Waals surface area contributed by atoms with E-state index < -0.39 is 86.8 Å². The standard InChI is InChI=1S/C58H99NO13/c1-3-5-7-9-11-13-15-16-17-18-19-20-21-22-23-24-25-26-27-28-29-30-32-34-36-38-40-42-50(63)59-46(47(62)41-39-37-35-33-31-14-12-10-8-6-4-2)45-69-57-55(68)53(66)56(49(44-61)71-57)72-58-54(67)52(65)51(64)48(43-60)70-58/h5,7-8,10-11,13,16-17,19-20,31,33,39,41,46-49,51-58,60-62,64-68H,3-4,6,9,12,14-15,18,21-30,32,34-38,40,42-45H2,1-2H3,(H,59,63)/b7-5-,10-8+,13-11-,17-16-,20-19-,33-31+,41-39+. The van der Waals surface area contributed by atoms with Crippen LogP contribution >= 0.6 is 0 Å². The molecule has 0 spiro atoms. The Bertz CT molecular complexity index is 1530. The van der Waals surface area contributed by atoms with Gasteiger partial charge in [-0.1, -0.05) is 182 Å². The van der Waals surface area contributed by atoms with Gasteiger partial charge in [0.25, 0.3) is 0 Å². The van der Waals surface area contributed by atoms with Crippen molar-refractivity contribution < 1.29 is 64.6 Å². The van der Waals surface area contributed by atoms with E-state index in [1.165, 1.54) is 70.6 Å². The first kappa shape index (κ1) is 65.3. The summed E-state index contributed by atoms with van der Waals surface area (Å²) in [5.41, 5.74) is 0. The van der Waals surface area contributed by atoms with Gasteiger partial charge in [-0.3, -0.25) is 4.79 Å². The second-order valence-corrected chi connectivity index (χ2v) is 19.3. The maximum atomic E-state index is 13.2. The molecule has 2 heterocycles. The Balaban J connectivity index is 1.72. The number of aliphatic hydroxyl groups is 8. The van der Waals surface area contributed by atoms with Crippen molar-refractivity contribution in [2.24, 2.45) is 0 Å². The minimum atomic E-state index is -1.79. The third-order valence-electron chi connectivity index (χ3n) is 13.0. The molecule has 0 aromatic carbocycles. The van der Waals surface area contributed by atoms with Crippen LogP contribution < -0.4 is 5.32 Å². The zero-order valence-electron chi connectivity index (χ0n) is 44.1. The number of rotatable bonds is 42. The average Bonchev–Trinajstić information content (AvgIpc) is 3.38. The van der Waals surface area contributed by atoms with Gasteiger partial charge in [-0.25, -0.2) is 0 Å². The first-order valence-corrected chi connectivity index (χ1v) is 27.8. The van der Waals surface area contributed by atoms with Gasteiger partial charge >= 0.3 is 0 Å². The number of hydrogen-bond acceptors (Lipinski definition) is 13. The molecule has 9 N–H and O–H groups in total. The van der Waals surface area contributed by atoms with Crippen molar-refractivity contribution in [2.45, 2.75) is 254 Å². The highest BCUT2D eigenvalue weighted by Gasteiger charge is 2.51. The molecule has 1 amide bonds. The molecule has 0 aromatic rings. The number of nitrogens with one attached hydrogen (secondary N) is 1. The molecule has 2 rings (SSSR count). The van der Waals surface area contributed by atoms with E-state index in [1.54, 1.807) is 6.08 Å². The number of carbonyl (C=O) groups is 1. The molecule has 2 aliphatic rings. The molecule has 2 aliphatic heterocycles. The highest BCUT2D eigenvalue weighted by molar-refractivity contribution is 5.76. The first-order valence-electron chi connectivity index (χ1n) is 27.8. The molecule has 0 aliphatic carbocycles. The maximum Gasteiger partial charge on any atom is 0.220 e. The molecule has 0 aromatic heterocycles. The van der Waals surface area contributed by atoms with Crippen LogP contribution in [0.4, 0.5) is 0 Å². The van der Waals surface area contributed by atoms with Gasteiger partial charge in [-0.2, -0.15) is 0 Å². The Morgan fingerprint density at radius 2 is 0.972 bits per heavy atom. The second kappa shape index (κ2) is 43.4. The Hall–Kier alpha value is -2.83. The monoisotopic (exact) mass is 1020 g/mol. The van der Waals surface area contributed by atoms with Crippen LogP contribution in [0, 0.1) is 0 Å². The average molecular weight is 1020 g/mol. The lowest BCUT2D eigenvalue weighted by atomic mass is 9.97. The van der Waals surface area contributed by atoms with Crippen LogP contribution in [-0.4, -0.2) is 140 Å². The van der Waals surface area contributed by atoms with E-state index in [2.05, 4.69) is 92.1 Å². The molecule has 0 radical (unpaired) electrons. The maximum absolute atomic E-state index is 13.2. The minimum absolute atomic E-state index is 0.260. The third kappa shape index (κ3) is 29.3. The molecule has 14 nitrogen and oxygen atoms in total. The van der Waals surface area contributed by atoms with Gasteiger partial charge in [0.2, 0.25) is 5.91 Å². The molecule has 414 valence electrons. The van der Waals surface area contributed by atoms with Crippen LogP contribution in [0.5, 0.6) is 0 Å².